The molecule has 74 valence electrons. The van der Waals surface area contributed by atoms with E-state index in [1.165, 1.54) is 5.57 Å². The molecule has 0 saturated carbocycles. The van der Waals surface area contributed by atoms with Gasteiger partial charge in [0.05, 0.1) is 6.61 Å². The summed E-state index contributed by atoms with van der Waals surface area (Å²) in [6, 6.07) is 3.97. The van der Waals surface area contributed by atoms with E-state index in [4.69, 9.17) is 4.74 Å². The second-order valence-electron chi connectivity index (χ2n) is 3.52. The third kappa shape index (κ3) is 2.12. The van der Waals surface area contributed by atoms with Crippen LogP contribution in [0.1, 0.15) is 12.5 Å². The molecule has 0 spiro atoms. The highest BCUT2D eigenvalue weighted by molar-refractivity contribution is 5.45. The van der Waals surface area contributed by atoms with E-state index >= 15 is 0 Å². The molecule has 1 aromatic heterocycles. The van der Waals surface area contributed by atoms with Gasteiger partial charge in [0.25, 0.3) is 0 Å². The maximum atomic E-state index is 5.16. The van der Waals surface area contributed by atoms with Crippen molar-refractivity contribution in [3.8, 4) is 0 Å². The van der Waals surface area contributed by atoms with Crippen molar-refractivity contribution in [2.75, 3.05) is 11.9 Å². The van der Waals surface area contributed by atoms with E-state index in [1.807, 2.05) is 25.3 Å². The fourth-order valence-corrected chi connectivity index (χ4v) is 1.22. The summed E-state index contributed by atoms with van der Waals surface area (Å²) in [7, 11) is 0. The first-order chi connectivity index (χ1) is 6.77. The quantitative estimate of drug-likeness (QED) is 0.742. The van der Waals surface area contributed by atoms with Gasteiger partial charge < -0.3 is 10.1 Å². The Balaban J connectivity index is 2.03. The number of ether oxygens (including phenoxy) is 1. The number of hydrogen-bond donors (Lipinski definition) is 1. The van der Waals surface area contributed by atoms with Crippen LogP contribution in [0.25, 0.3) is 0 Å². The number of rotatable bonds is 3. The van der Waals surface area contributed by atoms with Crippen molar-refractivity contribution < 1.29 is 4.74 Å². The van der Waals surface area contributed by atoms with Gasteiger partial charge in [-0.05, 0) is 31.1 Å². The van der Waals surface area contributed by atoms with Crippen molar-refractivity contribution in [3.63, 3.8) is 0 Å². The highest BCUT2D eigenvalue weighted by Crippen LogP contribution is 2.19. The number of epoxide rings is 1. The van der Waals surface area contributed by atoms with E-state index in [9.17, 15) is 0 Å². The van der Waals surface area contributed by atoms with Gasteiger partial charge in [0.2, 0.25) is 0 Å². The van der Waals surface area contributed by atoms with E-state index < -0.39 is 0 Å². The first kappa shape index (κ1) is 9.21. The van der Waals surface area contributed by atoms with Crippen LogP contribution < -0.4 is 5.32 Å². The first-order valence-electron chi connectivity index (χ1n) is 4.74. The van der Waals surface area contributed by atoms with Crippen LogP contribution in [0.5, 0.6) is 0 Å². The minimum absolute atomic E-state index is 0.325. The van der Waals surface area contributed by atoms with Crippen molar-refractivity contribution in [3.05, 3.63) is 35.7 Å². The smallest absolute Gasteiger partial charge is 0.132 e. The molecule has 0 amide bonds. The van der Waals surface area contributed by atoms with E-state index in [1.54, 1.807) is 6.20 Å². The van der Waals surface area contributed by atoms with Gasteiger partial charge in [0, 0.05) is 12.4 Å². The number of hydrogen-bond acceptors (Lipinski definition) is 3. The second kappa shape index (κ2) is 3.80. The Morgan fingerprint density at radius 1 is 1.71 bits per heavy atom. The van der Waals surface area contributed by atoms with Crippen LogP contribution in [0, 0.1) is 6.92 Å². The average Bonchev–Trinajstić information content (AvgIpc) is 2.99. The molecule has 1 unspecified atom stereocenters. The van der Waals surface area contributed by atoms with Crippen LogP contribution in [0.3, 0.4) is 0 Å². The van der Waals surface area contributed by atoms with Crippen LogP contribution >= 0.6 is 0 Å². The Morgan fingerprint density at radius 3 is 3.14 bits per heavy atom. The lowest BCUT2D eigenvalue weighted by molar-refractivity contribution is 0.431. The Bertz CT molecular complexity index is 356. The first-order valence-corrected chi connectivity index (χ1v) is 4.74. The monoisotopic (exact) mass is 190 g/mol. The minimum Gasteiger partial charge on any atom is -0.368 e. The summed E-state index contributed by atoms with van der Waals surface area (Å²) in [5.41, 5.74) is 2.36. The molecule has 0 aliphatic carbocycles. The molecule has 0 radical (unpaired) electrons. The van der Waals surface area contributed by atoms with Crippen LogP contribution in [0.15, 0.2) is 30.1 Å². The van der Waals surface area contributed by atoms with Crippen LogP contribution in [0.2, 0.25) is 0 Å². The fraction of sp³-hybridized carbons (Fsp3) is 0.364. The SMILES string of the molecule is C/C(=C\Nc1ncccc1C)C1CO1. The summed E-state index contributed by atoms with van der Waals surface area (Å²) in [5, 5.41) is 3.18. The average molecular weight is 190 g/mol. The summed E-state index contributed by atoms with van der Waals surface area (Å²) in [5.74, 6) is 0.910. The number of aromatic nitrogens is 1. The molecule has 14 heavy (non-hydrogen) atoms. The van der Waals surface area contributed by atoms with Gasteiger partial charge in [-0.1, -0.05) is 6.07 Å². The van der Waals surface area contributed by atoms with Gasteiger partial charge in [-0.3, -0.25) is 0 Å². The number of pyridine rings is 1. The summed E-state index contributed by atoms with van der Waals surface area (Å²) in [4.78, 5) is 4.23. The molecule has 1 atom stereocenters. The lowest BCUT2D eigenvalue weighted by atomic mass is 10.2. The predicted octanol–water partition coefficient (Wildman–Crippen LogP) is 2.10. The largest absolute Gasteiger partial charge is 0.368 e. The number of anilines is 1. The zero-order valence-electron chi connectivity index (χ0n) is 8.45. The van der Waals surface area contributed by atoms with Gasteiger partial charge in [0.1, 0.15) is 11.9 Å². The maximum Gasteiger partial charge on any atom is 0.132 e. The molecule has 3 nitrogen and oxygen atoms in total. The third-order valence-electron chi connectivity index (χ3n) is 2.29. The molecule has 1 fully saturated rings. The van der Waals surface area contributed by atoms with Gasteiger partial charge in [-0.2, -0.15) is 0 Å². The zero-order valence-corrected chi connectivity index (χ0v) is 8.45. The fourth-order valence-electron chi connectivity index (χ4n) is 1.22. The summed E-state index contributed by atoms with van der Waals surface area (Å²) in [6.07, 6.45) is 4.07. The van der Waals surface area contributed by atoms with Crippen LogP contribution in [-0.2, 0) is 4.74 Å². The highest BCUT2D eigenvalue weighted by atomic mass is 16.6. The molecule has 0 aromatic carbocycles. The molecule has 2 rings (SSSR count). The Morgan fingerprint density at radius 2 is 2.50 bits per heavy atom. The molecule has 1 aromatic rings. The Labute approximate surface area is 83.8 Å². The van der Waals surface area contributed by atoms with Crippen molar-refractivity contribution in [2.24, 2.45) is 0 Å². The standard InChI is InChI=1S/C11H14N2O/c1-8-4-3-5-12-11(8)13-6-9(2)10-7-14-10/h3-6,10H,7H2,1-2H3,(H,12,13)/b9-6+. The number of aryl methyl sites for hydroxylation is 1. The maximum absolute atomic E-state index is 5.16. The number of nitrogens with zero attached hydrogens (tertiary/aromatic N) is 1. The third-order valence-corrected chi connectivity index (χ3v) is 2.29. The zero-order chi connectivity index (χ0) is 9.97. The normalized spacial score (nSPS) is 20.7. The van der Waals surface area contributed by atoms with Crippen molar-refractivity contribution in [2.45, 2.75) is 20.0 Å². The second-order valence-corrected chi connectivity index (χ2v) is 3.52. The van der Waals surface area contributed by atoms with Gasteiger partial charge in [-0.15, -0.1) is 0 Å². The van der Waals surface area contributed by atoms with Crippen molar-refractivity contribution >= 4 is 5.82 Å². The van der Waals surface area contributed by atoms with Crippen molar-refractivity contribution in [1.29, 1.82) is 0 Å². The molecule has 0 bridgehead atoms. The predicted molar refractivity (Wildman–Crippen MR) is 56.1 cm³/mol. The molecule has 1 N–H and O–H groups in total. The minimum atomic E-state index is 0.325. The van der Waals surface area contributed by atoms with E-state index in [0.29, 0.717) is 6.10 Å². The van der Waals surface area contributed by atoms with E-state index in [-0.39, 0.29) is 0 Å². The molecule has 1 aliphatic rings. The van der Waals surface area contributed by atoms with Crippen molar-refractivity contribution in [1.82, 2.24) is 4.98 Å². The summed E-state index contributed by atoms with van der Waals surface area (Å²) < 4.78 is 5.16. The molecule has 1 saturated heterocycles. The van der Waals surface area contributed by atoms with Gasteiger partial charge in [0.15, 0.2) is 0 Å². The topological polar surface area (TPSA) is 37.5 Å². The number of nitrogens with one attached hydrogen (secondary N) is 1. The summed E-state index contributed by atoms with van der Waals surface area (Å²) >= 11 is 0. The molecule has 2 heterocycles. The summed E-state index contributed by atoms with van der Waals surface area (Å²) in [6.45, 7) is 4.94. The lowest BCUT2D eigenvalue weighted by Gasteiger charge is -2.03. The molecular weight excluding hydrogens is 176 g/mol. The molecular formula is C11H14N2O. The molecule has 1 aliphatic heterocycles. The highest BCUT2D eigenvalue weighted by Gasteiger charge is 2.23. The van der Waals surface area contributed by atoms with Crippen LogP contribution in [-0.4, -0.2) is 17.7 Å². The van der Waals surface area contributed by atoms with E-state index in [0.717, 1.165) is 18.0 Å². The molecule has 3 heteroatoms. The van der Waals surface area contributed by atoms with Gasteiger partial charge in [-0.25, -0.2) is 4.98 Å². The van der Waals surface area contributed by atoms with Gasteiger partial charge >= 0.3 is 0 Å². The Hall–Kier alpha value is -1.35. The Kier molecular flexibility index (Phi) is 2.50. The van der Waals surface area contributed by atoms with E-state index in [2.05, 4.69) is 17.2 Å². The van der Waals surface area contributed by atoms with Crippen LogP contribution in [0.4, 0.5) is 5.82 Å². The lowest BCUT2D eigenvalue weighted by Crippen LogP contribution is -1.97.